The summed E-state index contributed by atoms with van der Waals surface area (Å²) >= 11 is 0. The minimum Gasteiger partial charge on any atom is -0.378 e. The van der Waals surface area contributed by atoms with Crippen LogP contribution in [0.4, 0.5) is 8.78 Å². The quantitative estimate of drug-likeness (QED) is 0.514. The summed E-state index contributed by atoms with van der Waals surface area (Å²) in [5.41, 5.74) is 0.780. The number of pyridine rings is 1. The van der Waals surface area contributed by atoms with Crippen LogP contribution in [-0.2, 0) is 4.74 Å². The fourth-order valence-electron chi connectivity index (χ4n) is 4.13. The highest BCUT2D eigenvalue weighted by molar-refractivity contribution is 6.21. The average molecular weight is 482 g/mol. The van der Waals surface area contributed by atoms with Crippen LogP contribution in [0.25, 0.3) is 5.82 Å². The van der Waals surface area contributed by atoms with E-state index in [-0.39, 0.29) is 28.7 Å². The molecule has 3 aromatic rings. The van der Waals surface area contributed by atoms with Crippen molar-refractivity contribution in [3.63, 3.8) is 0 Å². The number of hydrogen-bond donors (Lipinski definition) is 0. The summed E-state index contributed by atoms with van der Waals surface area (Å²) < 4.78 is 33.3. The lowest BCUT2D eigenvalue weighted by Gasteiger charge is -2.26. The Morgan fingerprint density at radius 3 is 2.26 bits per heavy atom. The molecule has 2 aliphatic rings. The zero-order valence-electron chi connectivity index (χ0n) is 18.6. The predicted molar refractivity (Wildman–Crippen MR) is 116 cm³/mol. The largest absolute Gasteiger partial charge is 0.378 e. The van der Waals surface area contributed by atoms with E-state index in [4.69, 9.17) is 4.74 Å². The summed E-state index contributed by atoms with van der Waals surface area (Å²) in [6, 6.07) is 8.29. The molecule has 2 aliphatic heterocycles. The number of carbonyl (C=O) groups is 3. The Morgan fingerprint density at radius 2 is 1.69 bits per heavy atom. The Balaban J connectivity index is 1.47. The molecule has 0 radical (unpaired) electrons. The molecule has 180 valence electrons. The number of benzene rings is 1. The van der Waals surface area contributed by atoms with Crippen molar-refractivity contribution >= 4 is 17.7 Å². The van der Waals surface area contributed by atoms with Gasteiger partial charge in [-0.25, -0.2) is 18.7 Å². The molecule has 0 saturated carbocycles. The molecule has 2 aromatic heterocycles. The van der Waals surface area contributed by atoms with E-state index in [1.807, 2.05) is 0 Å². The highest BCUT2D eigenvalue weighted by Crippen LogP contribution is 2.32. The van der Waals surface area contributed by atoms with Crippen LogP contribution >= 0.6 is 0 Å². The number of rotatable bonds is 5. The van der Waals surface area contributed by atoms with E-state index in [0.717, 1.165) is 9.58 Å². The molecule has 12 heteroatoms. The second kappa shape index (κ2) is 8.95. The number of fused-ring (bicyclic) bond motifs is 1. The Hall–Kier alpha value is -4.06. The number of nitrogens with zero attached hydrogens (tertiary/aromatic N) is 6. The van der Waals surface area contributed by atoms with Crippen molar-refractivity contribution in [2.45, 2.75) is 19.4 Å². The van der Waals surface area contributed by atoms with Gasteiger partial charge in [-0.3, -0.25) is 19.3 Å². The molecule has 1 unspecified atom stereocenters. The monoisotopic (exact) mass is 482 g/mol. The molecule has 0 aliphatic carbocycles. The molecular weight excluding hydrogens is 462 g/mol. The van der Waals surface area contributed by atoms with E-state index < -0.39 is 30.1 Å². The van der Waals surface area contributed by atoms with Gasteiger partial charge in [0.15, 0.2) is 11.6 Å². The summed E-state index contributed by atoms with van der Waals surface area (Å²) in [7, 11) is 0. The highest BCUT2D eigenvalue weighted by atomic mass is 19.3. The number of aromatic nitrogens is 4. The van der Waals surface area contributed by atoms with Crippen molar-refractivity contribution in [3.05, 3.63) is 70.9 Å². The fraction of sp³-hybridized carbons (Fsp3) is 0.304. The highest BCUT2D eigenvalue weighted by Gasteiger charge is 2.41. The van der Waals surface area contributed by atoms with Crippen molar-refractivity contribution < 1.29 is 27.9 Å². The predicted octanol–water partition coefficient (Wildman–Crippen LogP) is 2.43. The summed E-state index contributed by atoms with van der Waals surface area (Å²) in [6.45, 7) is 3.33. The number of imide groups is 1. The summed E-state index contributed by atoms with van der Waals surface area (Å²) in [5, 5.41) is 3.87. The van der Waals surface area contributed by atoms with Gasteiger partial charge in [-0.2, -0.15) is 4.68 Å². The summed E-state index contributed by atoms with van der Waals surface area (Å²) in [5.74, 6) is -2.04. The van der Waals surface area contributed by atoms with Crippen molar-refractivity contribution in [3.8, 4) is 5.82 Å². The van der Waals surface area contributed by atoms with Gasteiger partial charge in [0.25, 0.3) is 24.1 Å². The van der Waals surface area contributed by atoms with Crippen molar-refractivity contribution in [1.29, 1.82) is 0 Å². The zero-order valence-corrected chi connectivity index (χ0v) is 18.6. The maximum absolute atomic E-state index is 13.5. The molecule has 0 bridgehead atoms. The van der Waals surface area contributed by atoms with Crippen LogP contribution in [0.3, 0.4) is 0 Å². The number of hydrogen-bond acceptors (Lipinski definition) is 7. The molecule has 5 rings (SSSR count). The van der Waals surface area contributed by atoms with Gasteiger partial charge in [0.05, 0.1) is 35.9 Å². The topological polar surface area (TPSA) is 111 Å². The average Bonchev–Trinajstić information content (AvgIpc) is 3.44. The van der Waals surface area contributed by atoms with Gasteiger partial charge in [0.1, 0.15) is 0 Å². The van der Waals surface area contributed by atoms with E-state index >= 15 is 0 Å². The van der Waals surface area contributed by atoms with Gasteiger partial charge in [-0.05, 0) is 31.2 Å². The first-order valence-corrected chi connectivity index (χ1v) is 10.9. The third-order valence-corrected chi connectivity index (χ3v) is 5.94. The van der Waals surface area contributed by atoms with Crippen molar-refractivity contribution in [2.24, 2.45) is 0 Å². The molecule has 4 heterocycles. The second-order valence-corrected chi connectivity index (χ2v) is 8.05. The van der Waals surface area contributed by atoms with Crippen molar-refractivity contribution in [1.82, 2.24) is 29.5 Å². The second-order valence-electron chi connectivity index (χ2n) is 8.05. The first-order valence-electron chi connectivity index (χ1n) is 10.9. The molecule has 35 heavy (non-hydrogen) atoms. The Morgan fingerprint density at radius 1 is 1.03 bits per heavy atom. The maximum Gasteiger partial charge on any atom is 0.299 e. The zero-order chi connectivity index (χ0) is 24.7. The SMILES string of the molecule is CC(c1nc(C(F)F)nn1-c1ccc(C(=O)N2CCOCC2)cn1)N1C(=O)c2ccccc2C1=O. The number of ether oxygens (including phenoxy) is 1. The minimum atomic E-state index is -2.98. The molecule has 0 N–H and O–H groups in total. The van der Waals surface area contributed by atoms with Crippen LogP contribution in [0.1, 0.15) is 62.1 Å². The van der Waals surface area contributed by atoms with E-state index in [1.165, 1.54) is 37.4 Å². The van der Waals surface area contributed by atoms with Crippen LogP contribution in [0.15, 0.2) is 42.6 Å². The van der Waals surface area contributed by atoms with Gasteiger partial charge in [0.2, 0.25) is 5.82 Å². The minimum absolute atomic E-state index is 0.0606. The van der Waals surface area contributed by atoms with E-state index in [9.17, 15) is 23.2 Å². The van der Waals surface area contributed by atoms with Crippen LogP contribution in [0, 0.1) is 0 Å². The Kier molecular flexibility index (Phi) is 5.81. The summed E-state index contributed by atoms with van der Waals surface area (Å²) in [4.78, 5) is 49.3. The molecule has 10 nitrogen and oxygen atoms in total. The smallest absolute Gasteiger partial charge is 0.299 e. The third kappa shape index (κ3) is 3.95. The van der Waals surface area contributed by atoms with Crippen LogP contribution < -0.4 is 0 Å². The first-order chi connectivity index (χ1) is 16.9. The molecular formula is C23H20F2N6O4. The van der Waals surface area contributed by atoms with E-state index in [0.29, 0.717) is 31.9 Å². The molecule has 1 atom stereocenters. The van der Waals surface area contributed by atoms with Gasteiger partial charge in [-0.15, -0.1) is 5.10 Å². The van der Waals surface area contributed by atoms with Crippen LogP contribution in [0.2, 0.25) is 0 Å². The van der Waals surface area contributed by atoms with Crippen LogP contribution in [-0.4, -0.2) is 73.6 Å². The van der Waals surface area contributed by atoms with E-state index in [2.05, 4.69) is 15.1 Å². The van der Waals surface area contributed by atoms with E-state index in [1.54, 1.807) is 17.0 Å². The van der Waals surface area contributed by atoms with Crippen LogP contribution in [0.5, 0.6) is 0 Å². The normalized spacial score (nSPS) is 16.7. The lowest BCUT2D eigenvalue weighted by molar-refractivity contribution is 0.0302. The molecule has 1 aromatic carbocycles. The number of morpholine rings is 1. The molecule has 1 fully saturated rings. The van der Waals surface area contributed by atoms with Gasteiger partial charge >= 0.3 is 0 Å². The Labute approximate surface area is 198 Å². The number of amides is 3. The molecule has 0 spiro atoms. The standard InChI is InChI=1S/C23H20F2N6O4/c1-13(30-22(33)15-4-2-3-5-16(15)23(30)34)20-27-19(18(24)25)28-31(20)17-7-6-14(12-26-17)21(32)29-8-10-35-11-9-29/h2-7,12-13,18H,8-11H2,1H3. The molecule has 3 amide bonds. The van der Waals surface area contributed by atoms with Gasteiger partial charge in [0, 0.05) is 19.3 Å². The molecule has 1 saturated heterocycles. The third-order valence-electron chi connectivity index (χ3n) is 5.94. The lowest BCUT2D eigenvalue weighted by atomic mass is 10.1. The maximum atomic E-state index is 13.5. The van der Waals surface area contributed by atoms with Gasteiger partial charge < -0.3 is 9.64 Å². The Bertz CT molecular complexity index is 1270. The van der Waals surface area contributed by atoms with Gasteiger partial charge in [-0.1, -0.05) is 12.1 Å². The first kappa shape index (κ1) is 22.7. The summed E-state index contributed by atoms with van der Waals surface area (Å²) in [6.07, 6.45) is -1.65. The number of carbonyl (C=O) groups excluding carboxylic acids is 3. The number of halogens is 2. The lowest BCUT2D eigenvalue weighted by Crippen LogP contribution is -2.40. The van der Waals surface area contributed by atoms with Crippen molar-refractivity contribution in [2.75, 3.05) is 26.3 Å². The number of alkyl halides is 2. The fourth-order valence-corrected chi connectivity index (χ4v) is 4.13.